The Morgan fingerprint density at radius 2 is 1.57 bits per heavy atom. The summed E-state index contributed by atoms with van der Waals surface area (Å²) in [7, 11) is -2.38. The van der Waals surface area contributed by atoms with Gasteiger partial charge in [-0.15, -0.1) is 10.2 Å². The van der Waals surface area contributed by atoms with Gasteiger partial charge in [0.05, 0.1) is 0 Å². The molecule has 0 unspecified atom stereocenters. The van der Waals surface area contributed by atoms with Crippen molar-refractivity contribution in [1.29, 1.82) is 0 Å². The monoisotopic (exact) mass is 215 g/mol. The molecule has 2 N–H and O–H groups in total. The largest absolute Gasteiger partial charge is 0.808 e. The molecule has 2 heterocycles. The number of aromatic amines is 2. The Labute approximate surface area is 77.8 Å². The zero-order valence-electron chi connectivity index (χ0n) is 6.62. The number of nitrogens with zero attached hydrogens (tertiary/aromatic N) is 4. The first kappa shape index (κ1) is 8.57. The maximum Gasteiger partial charge on any atom is 0.808 e. The fourth-order valence-corrected chi connectivity index (χ4v) is 1.16. The lowest BCUT2D eigenvalue weighted by molar-refractivity contribution is 0.402. The third kappa shape index (κ3) is 2.02. The molecular weight excluding hydrogens is 211 g/mol. The minimum Gasteiger partial charge on any atom is -0.198 e. The molecule has 14 heavy (non-hydrogen) atoms. The van der Waals surface area contributed by atoms with Crippen LogP contribution in [0.5, 0.6) is 11.8 Å². The van der Waals surface area contributed by atoms with E-state index in [1.165, 1.54) is 12.4 Å². The molecule has 2 aromatic rings. The van der Waals surface area contributed by atoms with Gasteiger partial charge in [0.1, 0.15) is 12.4 Å². The molecular formula is C4H4N6O3P+. The fourth-order valence-electron chi connectivity index (χ4n) is 0.642. The van der Waals surface area contributed by atoms with Crippen molar-refractivity contribution in [2.45, 2.75) is 0 Å². The lowest BCUT2D eigenvalue weighted by Gasteiger charge is -1.82. The van der Waals surface area contributed by atoms with Crippen LogP contribution in [-0.4, -0.2) is 30.8 Å². The quantitative estimate of drug-likeness (QED) is 0.690. The Hall–Kier alpha value is -2.02. The Balaban J connectivity index is 1.91. The van der Waals surface area contributed by atoms with Gasteiger partial charge >= 0.3 is 20.0 Å². The van der Waals surface area contributed by atoms with E-state index in [2.05, 4.69) is 30.8 Å². The highest BCUT2D eigenvalue weighted by Gasteiger charge is 2.26. The van der Waals surface area contributed by atoms with Crippen LogP contribution in [0.3, 0.4) is 0 Å². The summed E-state index contributed by atoms with van der Waals surface area (Å²) in [4.78, 5) is 0. The summed E-state index contributed by atoms with van der Waals surface area (Å²) in [6, 6.07) is 0. The lowest BCUT2D eigenvalue weighted by Crippen LogP contribution is -1.89. The first-order valence-corrected chi connectivity index (χ1v) is 4.49. The van der Waals surface area contributed by atoms with Gasteiger partial charge in [0.25, 0.3) is 0 Å². The standard InChI is InChI=1S/C4H4N6O3P/c11-14(12-3-1-5-9-7-3)13-4-2-6-10-8-4/h1-2H,(H,5,7,9)(H,6,8,10)/q+1. The third-order valence-electron chi connectivity index (χ3n) is 1.12. The molecule has 0 aliphatic heterocycles. The van der Waals surface area contributed by atoms with Gasteiger partial charge in [-0.05, 0) is 0 Å². The van der Waals surface area contributed by atoms with E-state index >= 15 is 0 Å². The van der Waals surface area contributed by atoms with E-state index in [1.807, 2.05) is 0 Å². The van der Waals surface area contributed by atoms with Crippen molar-refractivity contribution in [1.82, 2.24) is 30.8 Å². The van der Waals surface area contributed by atoms with E-state index in [4.69, 9.17) is 9.05 Å². The second-order valence-electron chi connectivity index (χ2n) is 2.02. The molecule has 0 fully saturated rings. The molecule has 2 rings (SSSR count). The van der Waals surface area contributed by atoms with Crippen molar-refractivity contribution in [3.05, 3.63) is 12.4 Å². The fraction of sp³-hybridized carbons (Fsp3) is 0. The van der Waals surface area contributed by atoms with Gasteiger partial charge in [-0.2, -0.15) is 29.7 Å². The molecule has 0 saturated heterocycles. The minimum absolute atomic E-state index is 0.0783. The maximum atomic E-state index is 11.1. The van der Waals surface area contributed by atoms with Gasteiger partial charge in [-0.3, -0.25) is 0 Å². The van der Waals surface area contributed by atoms with Crippen LogP contribution in [0.4, 0.5) is 0 Å². The molecule has 0 aromatic carbocycles. The lowest BCUT2D eigenvalue weighted by atomic mass is 10.9. The summed E-state index contributed by atoms with van der Waals surface area (Å²) < 4.78 is 20.6. The van der Waals surface area contributed by atoms with Crippen molar-refractivity contribution < 1.29 is 13.6 Å². The zero-order valence-corrected chi connectivity index (χ0v) is 7.51. The van der Waals surface area contributed by atoms with Crippen LogP contribution in [0.1, 0.15) is 0 Å². The molecule has 0 aliphatic rings. The van der Waals surface area contributed by atoms with Crippen LogP contribution in [0.25, 0.3) is 0 Å². The van der Waals surface area contributed by atoms with Gasteiger partial charge < -0.3 is 0 Å². The van der Waals surface area contributed by atoms with Crippen LogP contribution in [0.2, 0.25) is 0 Å². The van der Waals surface area contributed by atoms with Crippen LogP contribution < -0.4 is 9.05 Å². The predicted octanol–water partition coefficient (Wildman–Crippen LogP) is 0.0380. The highest BCUT2D eigenvalue weighted by molar-refractivity contribution is 7.34. The summed E-state index contributed by atoms with van der Waals surface area (Å²) in [5.74, 6) is 0.157. The second kappa shape index (κ2) is 3.79. The van der Waals surface area contributed by atoms with E-state index < -0.39 is 8.25 Å². The van der Waals surface area contributed by atoms with Gasteiger partial charge in [0, 0.05) is 4.57 Å². The Bertz CT molecular complexity index is 360. The first-order chi connectivity index (χ1) is 6.84. The second-order valence-corrected chi connectivity index (χ2v) is 2.84. The van der Waals surface area contributed by atoms with Gasteiger partial charge in [0.2, 0.25) is 0 Å². The average Bonchev–Trinajstić information content (AvgIpc) is 2.76. The number of aromatic nitrogens is 6. The summed E-state index contributed by atoms with van der Waals surface area (Å²) in [6.07, 6.45) is 2.53. The summed E-state index contributed by atoms with van der Waals surface area (Å²) >= 11 is 0. The van der Waals surface area contributed by atoms with Crippen molar-refractivity contribution >= 4 is 8.25 Å². The van der Waals surface area contributed by atoms with Crippen LogP contribution >= 0.6 is 8.25 Å². The smallest absolute Gasteiger partial charge is 0.198 e. The Morgan fingerprint density at radius 1 is 1.07 bits per heavy atom. The molecule has 2 aromatic heterocycles. The SMILES string of the molecule is O=[P+](Oc1cn[nH]n1)Oc1cn[nH]n1. The molecule has 0 bridgehead atoms. The van der Waals surface area contributed by atoms with Gasteiger partial charge in [-0.1, -0.05) is 0 Å². The molecule has 0 saturated carbocycles. The molecule has 0 radical (unpaired) electrons. The highest BCUT2D eigenvalue weighted by Crippen LogP contribution is 2.26. The molecule has 0 amide bonds. The number of rotatable bonds is 4. The number of nitrogens with one attached hydrogen (secondary N) is 2. The Morgan fingerprint density at radius 3 is 1.93 bits per heavy atom. The average molecular weight is 215 g/mol. The number of hydrogen-bond acceptors (Lipinski definition) is 7. The first-order valence-electron chi connectivity index (χ1n) is 3.39. The van der Waals surface area contributed by atoms with Crippen molar-refractivity contribution in [2.24, 2.45) is 0 Å². The highest BCUT2D eigenvalue weighted by atomic mass is 31.1. The topological polar surface area (TPSA) is 119 Å². The summed E-state index contributed by atoms with van der Waals surface area (Å²) in [5.41, 5.74) is 0. The molecule has 72 valence electrons. The van der Waals surface area contributed by atoms with Gasteiger partial charge in [-0.25, -0.2) is 0 Å². The molecule has 0 spiro atoms. The van der Waals surface area contributed by atoms with E-state index in [9.17, 15) is 4.57 Å². The Kier molecular flexibility index (Phi) is 2.32. The molecule has 0 atom stereocenters. The van der Waals surface area contributed by atoms with E-state index in [1.54, 1.807) is 0 Å². The van der Waals surface area contributed by atoms with E-state index in [0.29, 0.717) is 0 Å². The third-order valence-corrected chi connectivity index (χ3v) is 1.79. The molecule has 0 aliphatic carbocycles. The van der Waals surface area contributed by atoms with E-state index in [0.717, 1.165) is 0 Å². The molecule has 10 heteroatoms. The number of hydrogen-bond donors (Lipinski definition) is 2. The molecule has 9 nitrogen and oxygen atoms in total. The summed E-state index contributed by atoms with van der Waals surface area (Å²) in [6.45, 7) is 0. The maximum absolute atomic E-state index is 11.1. The minimum atomic E-state index is -2.38. The van der Waals surface area contributed by atoms with Crippen molar-refractivity contribution in [3.8, 4) is 11.8 Å². The van der Waals surface area contributed by atoms with E-state index in [-0.39, 0.29) is 11.8 Å². The van der Waals surface area contributed by atoms with Crippen molar-refractivity contribution in [2.75, 3.05) is 0 Å². The van der Waals surface area contributed by atoms with Gasteiger partial charge in [0.15, 0.2) is 0 Å². The van der Waals surface area contributed by atoms with Crippen LogP contribution in [0.15, 0.2) is 12.4 Å². The summed E-state index contributed by atoms with van der Waals surface area (Å²) in [5, 5.41) is 18.5. The normalized spacial score (nSPS) is 9.71. The predicted molar refractivity (Wildman–Crippen MR) is 41.6 cm³/mol. The number of H-pyrrole nitrogens is 2. The van der Waals surface area contributed by atoms with Crippen molar-refractivity contribution in [3.63, 3.8) is 0 Å². The van der Waals surface area contributed by atoms with Crippen LogP contribution in [-0.2, 0) is 4.57 Å². The van der Waals surface area contributed by atoms with Crippen LogP contribution in [0, 0.1) is 0 Å². The zero-order chi connectivity index (χ0) is 9.80.